The minimum atomic E-state index is -0.685. The first-order valence-electron chi connectivity index (χ1n) is 3.62. The fourth-order valence-corrected chi connectivity index (χ4v) is 0.249. The van der Waals surface area contributed by atoms with E-state index in [1.54, 1.807) is 6.07 Å². The predicted molar refractivity (Wildman–Crippen MR) is 50.8 cm³/mol. The van der Waals surface area contributed by atoms with E-state index in [9.17, 15) is 9.59 Å². The van der Waals surface area contributed by atoms with Crippen molar-refractivity contribution in [2.45, 2.75) is 13.0 Å². The van der Waals surface area contributed by atoms with Gasteiger partial charge in [0.05, 0.1) is 0 Å². The maximum absolute atomic E-state index is 10.3. The molecule has 0 bridgehead atoms. The highest BCUT2D eigenvalue weighted by Crippen LogP contribution is 1.87. The average molecular weight is 196 g/mol. The fourth-order valence-electron chi connectivity index (χ4n) is 0.249. The van der Waals surface area contributed by atoms with Crippen LogP contribution in [0.2, 0.25) is 0 Å². The Bertz CT molecular complexity index is 266. The normalized spacial score (nSPS) is 9.43. The van der Waals surface area contributed by atoms with Crippen molar-refractivity contribution in [2.24, 2.45) is 5.73 Å². The number of carbonyl (C=O) groups excluding carboxylic acids is 2. The van der Waals surface area contributed by atoms with Crippen LogP contribution in [0.4, 0.5) is 0 Å². The first-order valence-corrected chi connectivity index (χ1v) is 3.62. The molecule has 0 saturated carbocycles. The van der Waals surface area contributed by atoms with Crippen LogP contribution in [-0.2, 0) is 14.3 Å². The topological polar surface area (TPSA) is 93.2 Å². The van der Waals surface area contributed by atoms with Gasteiger partial charge in [0.1, 0.15) is 6.07 Å². The molecule has 0 aliphatic rings. The van der Waals surface area contributed by atoms with Crippen molar-refractivity contribution in [1.82, 2.24) is 0 Å². The van der Waals surface area contributed by atoms with Crippen molar-refractivity contribution in [2.75, 3.05) is 0 Å². The number of rotatable bonds is 3. The van der Waals surface area contributed by atoms with E-state index in [-0.39, 0.29) is 0 Å². The van der Waals surface area contributed by atoms with E-state index >= 15 is 0 Å². The molecule has 2 N–H and O–H groups in total. The lowest BCUT2D eigenvalue weighted by Gasteiger charge is -1.99. The van der Waals surface area contributed by atoms with Crippen LogP contribution >= 0.6 is 0 Å². The predicted octanol–water partition coefficient (Wildman–Crippen LogP) is 0.285. The van der Waals surface area contributed by atoms with Crippen molar-refractivity contribution in [3.8, 4) is 6.07 Å². The van der Waals surface area contributed by atoms with Gasteiger partial charge in [-0.3, -0.25) is 4.79 Å². The van der Waals surface area contributed by atoms with Gasteiger partial charge < -0.3 is 10.5 Å². The molecule has 0 aliphatic heterocycles. The molecule has 0 aromatic carbocycles. The van der Waals surface area contributed by atoms with Gasteiger partial charge in [0.15, 0.2) is 6.10 Å². The van der Waals surface area contributed by atoms with Crippen LogP contribution in [0.5, 0.6) is 0 Å². The van der Waals surface area contributed by atoms with Gasteiger partial charge in [0, 0.05) is 6.08 Å². The molecular formula is C9H12N2O3. The molecule has 5 heteroatoms. The van der Waals surface area contributed by atoms with Crippen molar-refractivity contribution in [3.05, 3.63) is 25.3 Å². The molecule has 1 amide bonds. The number of amides is 1. The lowest BCUT2D eigenvalue weighted by Crippen LogP contribution is -2.09. The summed E-state index contributed by atoms with van der Waals surface area (Å²) in [5.41, 5.74) is 4.53. The van der Waals surface area contributed by atoms with Crippen LogP contribution in [-0.4, -0.2) is 18.0 Å². The molecule has 0 aromatic heterocycles. The number of hydrogen-bond donors (Lipinski definition) is 1. The lowest BCUT2D eigenvalue weighted by molar-refractivity contribution is -0.139. The summed E-state index contributed by atoms with van der Waals surface area (Å²) >= 11 is 0. The molecule has 1 atom stereocenters. The highest BCUT2D eigenvalue weighted by Gasteiger charge is 2.01. The molecule has 0 spiro atoms. The molecule has 14 heavy (non-hydrogen) atoms. The maximum atomic E-state index is 10.3. The standard InChI is InChI=1S/C6H7NO2.C3H5NO/c1-3-6(8)9-5(2)4-7;1-2-3(4)5/h3,5H,1H2,2H3;2H,1H2,(H2,4,5). The van der Waals surface area contributed by atoms with E-state index in [0.29, 0.717) is 0 Å². The zero-order valence-corrected chi connectivity index (χ0v) is 7.90. The SMILES string of the molecule is C=CC(=O)OC(C)C#N.C=CC(N)=O. The third kappa shape index (κ3) is 12.6. The number of nitrogens with zero attached hydrogens (tertiary/aromatic N) is 1. The highest BCUT2D eigenvalue weighted by molar-refractivity contribution is 5.85. The molecule has 5 nitrogen and oxygen atoms in total. The number of esters is 1. The number of primary amides is 1. The second-order valence-corrected chi connectivity index (χ2v) is 2.02. The molecule has 0 rings (SSSR count). The fraction of sp³-hybridized carbons (Fsp3) is 0.222. The minimum Gasteiger partial charge on any atom is -0.444 e. The van der Waals surface area contributed by atoms with Gasteiger partial charge in [-0.25, -0.2) is 4.79 Å². The molecule has 0 saturated heterocycles. The van der Waals surface area contributed by atoms with Gasteiger partial charge in [0.25, 0.3) is 0 Å². The van der Waals surface area contributed by atoms with Crippen molar-refractivity contribution in [3.63, 3.8) is 0 Å². The van der Waals surface area contributed by atoms with Gasteiger partial charge in [0.2, 0.25) is 5.91 Å². The largest absolute Gasteiger partial charge is 0.444 e. The number of nitrogens with two attached hydrogens (primary N) is 1. The summed E-state index contributed by atoms with van der Waals surface area (Å²) in [6.07, 6.45) is 1.39. The Hall–Kier alpha value is -2.09. The number of ether oxygens (including phenoxy) is 1. The molecule has 0 radical (unpaired) electrons. The van der Waals surface area contributed by atoms with E-state index in [1.807, 2.05) is 0 Å². The summed E-state index contributed by atoms with van der Waals surface area (Å²) < 4.78 is 4.43. The van der Waals surface area contributed by atoms with Crippen molar-refractivity contribution < 1.29 is 14.3 Å². The van der Waals surface area contributed by atoms with Gasteiger partial charge in [-0.05, 0) is 13.0 Å². The first kappa shape index (κ1) is 14.4. The Labute approximate surface area is 82.5 Å². The van der Waals surface area contributed by atoms with Crippen molar-refractivity contribution in [1.29, 1.82) is 5.26 Å². The Morgan fingerprint density at radius 2 is 1.93 bits per heavy atom. The second kappa shape index (κ2) is 9.00. The van der Waals surface area contributed by atoms with Gasteiger partial charge >= 0.3 is 5.97 Å². The quantitative estimate of drug-likeness (QED) is 0.518. The summed E-state index contributed by atoms with van der Waals surface area (Å²) in [6, 6.07) is 1.74. The lowest BCUT2D eigenvalue weighted by atomic mass is 10.4. The van der Waals surface area contributed by atoms with Gasteiger partial charge in [-0.2, -0.15) is 5.26 Å². The smallest absolute Gasteiger partial charge is 0.331 e. The molecule has 0 fully saturated rings. The molecule has 0 aliphatic carbocycles. The second-order valence-electron chi connectivity index (χ2n) is 2.02. The van der Waals surface area contributed by atoms with E-state index in [4.69, 9.17) is 5.26 Å². The summed E-state index contributed by atoms with van der Waals surface area (Å²) in [5.74, 6) is -1.05. The Morgan fingerprint density at radius 3 is 2.14 bits per heavy atom. The van der Waals surface area contributed by atoms with Crippen LogP contribution in [0.1, 0.15) is 6.92 Å². The maximum Gasteiger partial charge on any atom is 0.331 e. The highest BCUT2D eigenvalue weighted by atomic mass is 16.5. The molecular weight excluding hydrogens is 184 g/mol. The van der Waals surface area contributed by atoms with E-state index in [2.05, 4.69) is 23.6 Å². The van der Waals surface area contributed by atoms with E-state index in [0.717, 1.165) is 12.2 Å². The van der Waals surface area contributed by atoms with E-state index < -0.39 is 18.0 Å². The Morgan fingerprint density at radius 1 is 1.50 bits per heavy atom. The summed E-state index contributed by atoms with van der Waals surface area (Å²) in [7, 11) is 0. The van der Waals surface area contributed by atoms with E-state index in [1.165, 1.54) is 6.92 Å². The van der Waals surface area contributed by atoms with Gasteiger partial charge in [-0.1, -0.05) is 13.2 Å². The summed E-state index contributed by atoms with van der Waals surface area (Å²) in [6.45, 7) is 7.74. The first-order chi connectivity index (χ1) is 6.47. The number of hydrogen-bond acceptors (Lipinski definition) is 4. The molecule has 0 aromatic rings. The number of carbonyl (C=O) groups is 2. The Kier molecular flexibility index (Phi) is 9.28. The zero-order valence-electron chi connectivity index (χ0n) is 7.90. The molecule has 0 heterocycles. The van der Waals surface area contributed by atoms with Crippen LogP contribution < -0.4 is 5.73 Å². The third-order valence-corrected chi connectivity index (χ3v) is 0.843. The molecule has 1 unspecified atom stereocenters. The third-order valence-electron chi connectivity index (χ3n) is 0.843. The minimum absolute atomic E-state index is 0.481. The summed E-state index contributed by atoms with van der Waals surface area (Å²) in [5, 5.41) is 8.12. The molecule has 76 valence electrons. The van der Waals surface area contributed by atoms with Crippen molar-refractivity contribution >= 4 is 11.9 Å². The number of nitriles is 1. The van der Waals surface area contributed by atoms with Gasteiger partial charge in [-0.15, -0.1) is 0 Å². The van der Waals surface area contributed by atoms with Crippen LogP contribution in [0.25, 0.3) is 0 Å². The zero-order chi connectivity index (χ0) is 11.6. The van der Waals surface area contributed by atoms with Crippen LogP contribution in [0.15, 0.2) is 25.3 Å². The monoisotopic (exact) mass is 196 g/mol. The average Bonchev–Trinajstić information content (AvgIpc) is 2.18. The van der Waals surface area contributed by atoms with Crippen LogP contribution in [0.3, 0.4) is 0 Å². The van der Waals surface area contributed by atoms with Crippen LogP contribution in [0, 0.1) is 11.3 Å². The summed E-state index contributed by atoms with van der Waals surface area (Å²) in [4.78, 5) is 19.8. The Balaban J connectivity index is 0.